The van der Waals surface area contributed by atoms with Gasteiger partial charge in [0.1, 0.15) is 11.5 Å². The Balaban J connectivity index is 1.65. The second kappa shape index (κ2) is 7.58. The minimum Gasteiger partial charge on any atom is -0.494 e. The molecule has 0 saturated heterocycles. The van der Waals surface area contributed by atoms with Crippen molar-refractivity contribution in [1.82, 2.24) is 0 Å². The van der Waals surface area contributed by atoms with Crippen molar-refractivity contribution in [3.05, 3.63) is 53.6 Å². The second-order valence-electron chi connectivity index (χ2n) is 5.19. The van der Waals surface area contributed by atoms with Gasteiger partial charge < -0.3 is 15.2 Å². The lowest BCUT2D eigenvalue weighted by Crippen LogP contribution is -2.04. The molecule has 0 heterocycles. The van der Waals surface area contributed by atoms with E-state index in [4.69, 9.17) is 15.2 Å². The Morgan fingerprint density at radius 3 is 2.38 bits per heavy atom. The van der Waals surface area contributed by atoms with Crippen LogP contribution in [0.2, 0.25) is 0 Å². The molecule has 0 bridgehead atoms. The Bertz CT molecular complexity index is 581. The van der Waals surface area contributed by atoms with Crippen molar-refractivity contribution in [2.24, 2.45) is 0 Å². The van der Waals surface area contributed by atoms with Crippen molar-refractivity contribution in [2.75, 3.05) is 18.9 Å². The van der Waals surface area contributed by atoms with Crippen LogP contribution in [0.25, 0.3) is 0 Å². The lowest BCUT2D eigenvalue weighted by atomic mass is 10.2. The minimum atomic E-state index is 0.682. The van der Waals surface area contributed by atoms with Crippen LogP contribution in [0.1, 0.15) is 24.0 Å². The minimum absolute atomic E-state index is 0.682. The molecule has 2 aromatic rings. The van der Waals surface area contributed by atoms with Crippen LogP contribution in [0.15, 0.2) is 42.5 Å². The molecule has 21 heavy (non-hydrogen) atoms. The number of anilines is 1. The number of hydrogen-bond donors (Lipinski definition) is 1. The normalized spacial score (nSPS) is 10.4. The summed E-state index contributed by atoms with van der Waals surface area (Å²) in [4.78, 5) is 0. The van der Waals surface area contributed by atoms with E-state index < -0.39 is 0 Å². The van der Waals surface area contributed by atoms with E-state index in [1.807, 2.05) is 43.3 Å². The number of nitrogen functional groups attached to an aromatic ring is 1. The predicted molar refractivity (Wildman–Crippen MR) is 87.0 cm³/mol. The summed E-state index contributed by atoms with van der Waals surface area (Å²) in [5.41, 5.74) is 8.85. The molecule has 0 atom stereocenters. The number of ether oxygens (including phenoxy) is 2. The molecule has 0 aliphatic heterocycles. The Labute approximate surface area is 126 Å². The highest BCUT2D eigenvalue weighted by Crippen LogP contribution is 2.23. The standard InChI is InChI=1S/C18H23NO2/c1-14-7-5-8-16(13-14)20-11-3-4-12-21-18-10-6-9-17(19)15(18)2/h5-10,13H,3-4,11-12,19H2,1-2H3. The van der Waals surface area contributed by atoms with Crippen molar-refractivity contribution < 1.29 is 9.47 Å². The third-order valence-corrected chi connectivity index (χ3v) is 3.38. The summed E-state index contributed by atoms with van der Waals surface area (Å²) >= 11 is 0. The van der Waals surface area contributed by atoms with Crippen molar-refractivity contribution in [2.45, 2.75) is 26.7 Å². The maximum absolute atomic E-state index is 5.85. The van der Waals surface area contributed by atoms with Gasteiger partial charge >= 0.3 is 0 Å². The Morgan fingerprint density at radius 1 is 0.905 bits per heavy atom. The molecule has 3 heteroatoms. The number of nitrogens with two attached hydrogens (primary N) is 1. The Hall–Kier alpha value is -2.16. The van der Waals surface area contributed by atoms with Gasteiger partial charge in [-0.3, -0.25) is 0 Å². The molecule has 0 aliphatic carbocycles. The van der Waals surface area contributed by atoms with Gasteiger partial charge in [-0.1, -0.05) is 18.2 Å². The second-order valence-corrected chi connectivity index (χ2v) is 5.19. The average molecular weight is 285 g/mol. The highest BCUT2D eigenvalue weighted by atomic mass is 16.5. The molecule has 0 aliphatic rings. The molecular weight excluding hydrogens is 262 g/mol. The van der Waals surface area contributed by atoms with Crippen LogP contribution in [-0.2, 0) is 0 Å². The molecule has 3 nitrogen and oxygen atoms in total. The number of rotatable bonds is 7. The van der Waals surface area contributed by atoms with Crippen molar-refractivity contribution in [3.8, 4) is 11.5 Å². The van der Waals surface area contributed by atoms with E-state index in [2.05, 4.69) is 13.0 Å². The first-order chi connectivity index (χ1) is 10.2. The smallest absolute Gasteiger partial charge is 0.124 e. The molecule has 0 unspecified atom stereocenters. The van der Waals surface area contributed by atoms with Crippen molar-refractivity contribution in [3.63, 3.8) is 0 Å². The first-order valence-electron chi connectivity index (χ1n) is 7.34. The third kappa shape index (κ3) is 4.71. The maximum atomic E-state index is 5.85. The molecule has 0 aromatic heterocycles. The zero-order chi connectivity index (χ0) is 15.1. The van der Waals surface area contributed by atoms with Crippen LogP contribution >= 0.6 is 0 Å². The number of aryl methyl sites for hydroxylation is 1. The van der Waals surface area contributed by atoms with Crippen LogP contribution in [0, 0.1) is 13.8 Å². The summed E-state index contributed by atoms with van der Waals surface area (Å²) in [5, 5.41) is 0. The van der Waals surface area contributed by atoms with E-state index in [0.29, 0.717) is 13.2 Å². The molecule has 2 N–H and O–H groups in total. The van der Waals surface area contributed by atoms with Crippen LogP contribution in [0.4, 0.5) is 5.69 Å². The van der Waals surface area contributed by atoms with E-state index in [1.54, 1.807) is 0 Å². The molecule has 0 spiro atoms. The molecule has 2 aromatic carbocycles. The Morgan fingerprint density at radius 2 is 1.62 bits per heavy atom. The van der Waals surface area contributed by atoms with Gasteiger partial charge in [0.15, 0.2) is 0 Å². The van der Waals surface area contributed by atoms with Gasteiger partial charge in [0.25, 0.3) is 0 Å². The zero-order valence-electron chi connectivity index (χ0n) is 12.8. The van der Waals surface area contributed by atoms with Crippen molar-refractivity contribution >= 4 is 5.69 Å². The molecule has 0 fully saturated rings. The summed E-state index contributed by atoms with van der Waals surface area (Å²) in [5.74, 6) is 1.80. The summed E-state index contributed by atoms with van der Waals surface area (Å²) in [7, 11) is 0. The zero-order valence-corrected chi connectivity index (χ0v) is 12.8. The van der Waals surface area contributed by atoms with E-state index >= 15 is 0 Å². The molecule has 0 radical (unpaired) electrons. The van der Waals surface area contributed by atoms with Gasteiger partial charge in [0.05, 0.1) is 13.2 Å². The first kappa shape index (κ1) is 15.2. The maximum Gasteiger partial charge on any atom is 0.124 e. The van der Waals surface area contributed by atoms with Crippen LogP contribution in [-0.4, -0.2) is 13.2 Å². The van der Waals surface area contributed by atoms with Gasteiger partial charge in [0.2, 0.25) is 0 Å². The largest absolute Gasteiger partial charge is 0.494 e. The van der Waals surface area contributed by atoms with Gasteiger partial charge in [-0.25, -0.2) is 0 Å². The fraction of sp³-hybridized carbons (Fsp3) is 0.333. The van der Waals surface area contributed by atoms with Gasteiger partial charge in [0, 0.05) is 11.3 Å². The van der Waals surface area contributed by atoms with Crippen LogP contribution in [0.3, 0.4) is 0 Å². The topological polar surface area (TPSA) is 44.5 Å². The van der Waals surface area contributed by atoms with E-state index in [-0.39, 0.29) is 0 Å². The van der Waals surface area contributed by atoms with E-state index in [0.717, 1.165) is 35.6 Å². The summed E-state index contributed by atoms with van der Waals surface area (Å²) in [6.07, 6.45) is 1.93. The fourth-order valence-corrected chi connectivity index (χ4v) is 2.07. The summed E-state index contributed by atoms with van der Waals surface area (Å²) < 4.78 is 11.5. The van der Waals surface area contributed by atoms with E-state index in [9.17, 15) is 0 Å². The SMILES string of the molecule is Cc1cccc(OCCCCOc2cccc(N)c2C)c1. The highest BCUT2D eigenvalue weighted by Gasteiger charge is 2.02. The molecule has 0 amide bonds. The molecule has 112 valence electrons. The van der Waals surface area contributed by atoms with Crippen molar-refractivity contribution in [1.29, 1.82) is 0 Å². The molecule has 2 rings (SSSR count). The number of unbranched alkanes of at least 4 members (excludes halogenated alkanes) is 1. The first-order valence-corrected chi connectivity index (χ1v) is 7.34. The quantitative estimate of drug-likeness (QED) is 0.614. The highest BCUT2D eigenvalue weighted by molar-refractivity contribution is 5.53. The van der Waals surface area contributed by atoms with Crippen LogP contribution < -0.4 is 15.2 Å². The number of benzene rings is 2. The predicted octanol–water partition coefficient (Wildman–Crippen LogP) is 4.12. The number of hydrogen-bond acceptors (Lipinski definition) is 3. The van der Waals surface area contributed by atoms with E-state index in [1.165, 1.54) is 5.56 Å². The Kier molecular flexibility index (Phi) is 5.50. The van der Waals surface area contributed by atoms with Crippen LogP contribution in [0.5, 0.6) is 11.5 Å². The lowest BCUT2D eigenvalue weighted by molar-refractivity contribution is 0.265. The van der Waals surface area contributed by atoms with Gasteiger partial charge in [-0.05, 0) is 56.5 Å². The summed E-state index contributed by atoms with van der Waals surface area (Å²) in [6, 6.07) is 13.9. The molecule has 0 saturated carbocycles. The third-order valence-electron chi connectivity index (χ3n) is 3.38. The monoisotopic (exact) mass is 285 g/mol. The van der Waals surface area contributed by atoms with Gasteiger partial charge in [-0.15, -0.1) is 0 Å². The fourth-order valence-electron chi connectivity index (χ4n) is 2.07. The average Bonchev–Trinajstić information content (AvgIpc) is 2.47. The molecular formula is C18H23NO2. The summed E-state index contributed by atoms with van der Waals surface area (Å²) in [6.45, 7) is 5.43. The van der Waals surface area contributed by atoms with Gasteiger partial charge in [-0.2, -0.15) is 0 Å². The lowest BCUT2D eigenvalue weighted by Gasteiger charge is -2.11.